The van der Waals surface area contributed by atoms with E-state index in [0.717, 1.165) is 11.3 Å². The summed E-state index contributed by atoms with van der Waals surface area (Å²) in [5, 5.41) is 0.662. The lowest BCUT2D eigenvalue weighted by Gasteiger charge is -2.49. The number of rotatable bonds is 5. The lowest BCUT2D eigenvalue weighted by atomic mass is 9.98. The first-order chi connectivity index (χ1) is 16.8. The van der Waals surface area contributed by atoms with Gasteiger partial charge in [0, 0.05) is 49.7 Å². The minimum atomic E-state index is -0.830. The summed E-state index contributed by atoms with van der Waals surface area (Å²) in [6, 6.07) is 12.7. The summed E-state index contributed by atoms with van der Waals surface area (Å²) in [7, 11) is 1.64. The van der Waals surface area contributed by atoms with Gasteiger partial charge in [0.1, 0.15) is 18.0 Å². The molecule has 3 aliphatic heterocycles. The molecular formula is C26H29ClN4O4. The van der Waals surface area contributed by atoms with E-state index in [1.807, 2.05) is 36.1 Å². The number of hydrogen-bond acceptors (Lipinski definition) is 5. The smallest absolute Gasteiger partial charge is 0.258 e. The van der Waals surface area contributed by atoms with Gasteiger partial charge in [0.05, 0.1) is 18.4 Å². The van der Waals surface area contributed by atoms with Crippen molar-refractivity contribution in [1.82, 2.24) is 14.7 Å². The maximum absolute atomic E-state index is 13.4. The highest BCUT2D eigenvalue weighted by atomic mass is 35.5. The quantitative estimate of drug-likeness (QED) is 0.636. The summed E-state index contributed by atoms with van der Waals surface area (Å²) in [6.07, 6.45) is 0.864. The maximum atomic E-state index is 13.4. The molecule has 2 aromatic rings. The first kappa shape index (κ1) is 23.6. The highest BCUT2D eigenvalue weighted by Gasteiger charge is 2.53. The van der Waals surface area contributed by atoms with E-state index >= 15 is 0 Å². The molecule has 184 valence electrons. The van der Waals surface area contributed by atoms with Crippen molar-refractivity contribution in [2.45, 2.75) is 32.0 Å². The summed E-state index contributed by atoms with van der Waals surface area (Å²) in [4.78, 5) is 46.8. The highest BCUT2D eigenvalue weighted by Crippen LogP contribution is 2.43. The number of benzene rings is 2. The van der Waals surface area contributed by atoms with E-state index in [1.54, 1.807) is 35.1 Å². The van der Waals surface area contributed by atoms with Crippen LogP contribution in [0.25, 0.3) is 0 Å². The second kappa shape index (κ2) is 9.17. The summed E-state index contributed by atoms with van der Waals surface area (Å²) < 4.78 is 5.46. The van der Waals surface area contributed by atoms with Crippen LogP contribution in [0.15, 0.2) is 42.5 Å². The highest BCUT2D eigenvalue weighted by molar-refractivity contribution is 6.30. The zero-order chi connectivity index (χ0) is 24.7. The molecule has 2 saturated heterocycles. The summed E-state index contributed by atoms with van der Waals surface area (Å²) in [5.74, 6) is 0.475. The van der Waals surface area contributed by atoms with Gasteiger partial charge in [0.25, 0.3) is 5.91 Å². The van der Waals surface area contributed by atoms with E-state index in [2.05, 4.69) is 4.90 Å². The average Bonchev–Trinajstić information content (AvgIpc) is 3.17. The minimum Gasteiger partial charge on any atom is -0.496 e. The van der Waals surface area contributed by atoms with Crippen LogP contribution in [0.2, 0.25) is 5.02 Å². The second-order valence-electron chi connectivity index (χ2n) is 9.47. The normalized spacial score (nSPS) is 22.3. The molecule has 2 aromatic carbocycles. The van der Waals surface area contributed by atoms with Gasteiger partial charge in [-0.3, -0.25) is 24.2 Å². The van der Waals surface area contributed by atoms with E-state index in [0.29, 0.717) is 61.8 Å². The number of ether oxygens (including phenoxy) is 1. The maximum Gasteiger partial charge on any atom is 0.258 e. The molecule has 5 rings (SSSR count). The molecule has 0 aliphatic carbocycles. The van der Waals surface area contributed by atoms with E-state index in [-0.39, 0.29) is 24.3 Å². The molecule has 1 unspecified atom stereocenters. The number of halogens is 1. The number of anilines is 1. The van der Waals surface area contributed by atoms with Crippen LogP contribution in [0.1, 0.15) is 35.7 Å². The number of piperazine rings is 1. The van der Waals surface area contributed by atoms with Gasteiger partial charge in [0.2, 0.25) is 11.8 Å². The molecule has 9 heteroatoms. The number of para-hydroxylation sites is 1. The van der Waals surface area contributed by atoms with Crippen LogP contribution in [0.5, 0.6) is 5.75 Å². The zero-order valence-corrected chi connectivity index (χ0v) is 20.8. The third kappa shape index (κ3) is 4.15. The Bertz CT molecular complexity index is 1180. The third-order valence-corrected chi connectivity index (χ3v) is 7.64. The van der Waals surface area contributed by atoms with Gasteiger partial charge >= 0.3 is 0 Å². The first-order valence-corrected chi connectivity index (χ1v) is 12.3. The van der Waals surface area contributed by atoms with Crippen LogP contribution in [0.3, 0.4) is 0 Å². The molecule has 3 heterocycles. The van der Waals surface area contributed by atoms with Gasteiger partial charge in [-0.15, -0.1) is 0 Å². The van der Waals surface area contributed by atoms with Crippen molar-refractivity contribution in [3.63, 3.8) is 0 Å². The molecule has 0 bridgehead atoms. The molecule has 0 spiro atoms. The molecule has 3 amide bonds. The van der Waals surface area contributed by atoms with Gasteiger partial charge in [-0.2, -0.15) is 0 Å². The number of carbonyl (C=O) groups is 3. The van der Waals surface area contributed by atoms with Crippen LogP contribution >= 0.6 is 11.6 Å². The summed E-state index contributed by atoms with van der Waals surface area (Å²) in [6.45, 7) is 5.08. The lowest BCUT2D eigenvalue weighted by Crippen LogP contribution is -2.64. The van der Waals surface area contributed by atoms with E-state index in [9.17, 15) is 14.4 Å². The van der Waals surface area contributed by atoms with Crippen molar-refractivity contribution in [3.8, 4) is 5.75 Å². The van der Waals surface area contributed by atoms with Crippen molar-refractivity contribution < 1.29 is 19.1 Å². The Morgan fingerprint density at radius 2 is 1.83 bits per heavy atom. The van der Waals surface area contributed by atoms with Crippen LogP contribution in [-0.4, -0.2) is 77.9 Å². The van der Waals surface area contributed by atoms with Crippen LogP contribution in [0, 0.1) is 0 Å². The standard InChI is InChI=1S/C26H29ClN4O4/c1-26-10-9-23(32)31(26)21-6-4-3-5-20(21)25(34)30(26)17-24(33)29-13-11-28(12-14-29)16-18-15-19(27)7-8-22(18)35-2/h3-8,15H,9-14,16-17H2,1-2H3. The van der Waals surface area contributed by atoms with Gasteiger partial charge in [-0.05, 0) is 43.7 Å². The van der Waals surface area contributed by atoms with Gasteiger partial charge < -0.3 is 14.5 Å². The van der Waals surface area contributed by atoms with Crippen molar-refractivity contribution in [3.05, 3.63) is 58.6 Å². The fourth-order valence-electron chi connectivity index (χ4n) is 5.44. The fourth-order valence-corrected chi connectivity index (χ4v) is 5.64. The van der Waals surface area contributed by atoms with E-state index in [4.69, 9.17) is 16.3 Å². The van der Waals surface area contributed by atoms with Crippen LogP contribution in [0.4, 0.5) is 5.69 Å². The Hall–Kier alpha value is -3.10. The predicted octanol–water partition coefficient (Wildman–Crippen LogP) is 2.99. The average molecular weight is 497 g/mol. The van der Waals surface area contributed by atoms with Crippen molar-refractivity contribution in [2.75, 3.05) is 44.7 Å². The van der Waals surface area contributed by atoms with Gasteiger partial charge in [-0.25, -0.2) is 0 Å². The number of methoxy groups -OCH3 is 1. The zero-order valence-electron chi connectivity index (χ0n) is 20.0. The van der Waals surface area contributed by atoms with Gasteiger partial charge in [-0.1, -0.05) is 23.7 Å². The SMILES string of the molecule is COc1ccc(Cl)cc1CN1CCN(C(=O)CN2C(=O)c3ccccc3N3C(=O)CCC23C)CC1. The molecule has 1 atom stereocenters. The molecule has 2 fully saturated rings. The molecule has 8 nitrogen and oxygen atoms in total. The van der Waals surface area contributed by atoms with Crippen molar-refractivity contribution in [1.29, 1.82) is 0 Å². The van der Waals surface area contributed by atoms with Crippen molar-refractivity contribution in [2.24, 2.45) is 0 Å². The second-order valence-corrected chi connectivity index (χ2v) is 9.90. The monoisotopic (exact) mass is 496 g/mol. The first-order valence-electron chi connectivity index (χ1n) is 11.9. The summed E-state index contributed by atoms with van der Waals surface area (Å²) in [5.41, 5.74) is 1.28. The number of nitrogens with zero attached hydrogens (tertiary/aromatic N) is 4. The Morgan fingerprint density at radius 1 is 1.09 bits per heavy atom. The van der Waals surface area contributed by atoms with E-state index < -0.39 is 5.66 Å². The topological polar surface area (TPSA) is 73.4 Å². The molecular weight excluding hydrogens is 468 g/mol. The Kier molecular flexibility index (Phi) is 6.19. The Balaban J connectivity index is 1.27. The summed E-state index contributed by atoms with van der Waals surface area (Å²) >= 11 is 6.17. The molecule has 0 N–H and O–H groups in total. The molecule has 35 heavy (non-hydrogen) atoms. The largest absolute Gasteiger partial charge is 0.496 e. The minimum absolute atomic E-state index is 0.0186. The van der Waals surface area contributed by atoms with Crippen LogP contribution in [-0.2, 0) is 16.1 Å². The van der Waals surface area contributed by atoms with E-state index in [1.165, 1.54) is 0 Å². The van der Waals surface area contributed by atoms with Gasteiger partial charge in [0.15, 0.2) is 0 Å². The molecule has 3 aliphatic rings. The molecule has 0 radical (unpaired) electrons. The Morgan fingerprint density at radius 3 is 2.57 bits per heavy atom. The number of fused-ring (bicyclic) bond motifs is 3. The predicted molar refractivity (Wildman–Crippen MR) is 132 cm³/mol. The third-order valence-electron chi connectivity index (χ3n) is 7.40. The van der Waals surface area contributed by atoms with Crippen molar-refractivity contribution >= 4 is 35.0 Å². The Labute approximate surface area is 210 Å². The lowest BCUT2D eigenvalue weighted by molar-refractivity contribution is -0.135. The molecule has 0 saturated carbocycles. The number of hydrogen-bond donors (Lipinski definition) is 0. The molecule has 0 aromatic heterocycles. The fraction of sp³-hybridized carbons (Fsp3) is 0.423. The number of carbonyl (C=O) groups excluding carboxylic acids is 3. The van der Waals surface area contributed by atoms with Crippen LogP contribution < -0.4 is 9.64 Å². The number of amides is 3.